The molecule has 0 spiro atoms. The van der Waals surface area contributed by atoms with E-state index >= 15 is 4.39 Å². The SMILES string of the molecule is CC.COCCOc1ccc(C(=O)NCCOCC(=O)N(C)C)c(-c2cc(C(CN)c3ccccc3)ccc2Cl)c1F. The molecule has 3 aromatic rings. The van der Waals surface area contributed by atoms with E-state index in [9.17, 15) is 9.59 Å². The van der Waals surface area contributed by atoms with Gasteiger partial charge in [0.1, 0.15) is 13.2 Å². The first-order chi connectivity index (χ1) is 20.3. The molecule has 0 bridgehead atoms. The Morgan fingerprint density at radius 1 is 1.00 bits per heavy atom. The summed E-state index contributed by atoms with van der Waals surface area (Å²) in [5.41, 5.74) is 8.38. The first-order valence-corrected chi connectivity index (χ1v) is 14.2. The van der Waals surface area contributed by atoms with Gasteiger partial charge in [0.05, 0.1) is 18.8 Å². The highest BCUT2D eigenvalue weighted by molar-refractivity contribution is 6.33. The molecule has 10 heteroatoms. The maximum Gasteiger partial charge on any atom is 0.252 e. The molecule has 2 amide bonds. The minimum absolute atomic E-state index is 0.00630. The summed E-state index contributed by atoms with van der Waals surface area (Å²) in [4.78, 5) is 26.3. The van der Waals surface area contributed by atoms with Gasteiger partial charge in [0.15, 0.2) is 11.6 Å². The fourth-order valence-corrected chi connectivity index (χ4v) is 4.29. The van der Waals surface area contributed by atoms with Gasteiger partial charge in [-0.2, -0.15) is 0 Å². The molecule has 0 radical (unpaired) electrons. The Bertz CT molecular complexity index is 1290. The van der Waals surface area contributed by atoms with Gasteiger partial charge in [0, 0.05) is 56.4 Å². The van der Waals surface area contributed by atoms with E-state index in [0.29, 0.717) is 12.1 Å². The van der Waals surface area contributed by atoms with Crippen LogP contribution in [0.25, 0.3) is 11.1 Å². The Balaban J connectivity index is 0.00000301. The summed E-state index contributed by atoms with van der Waals surface area (Å²) in [6.45, 7) is 4.81. The van der Waals surface area contributed by atoms with Crippen molar-refractivity contribution in [2.24, 2.45) is 5.73 Å². The van der Waals surface area contributed by atoms with Gasteiger partial charge < -0.3 is 30.2 Å². The van der Waals surface area contributed by atoms with Gasteiger partial charge in [-0.1, -0.05) is 61.8 Å². The summed E-state index contributed by atoms with van der Waals surface area (Å²) in [6, 6.07) is 17.9. The zero-order valence-electron chi connectivity index (χ0n) is 24.9. The maximum atomic E-state index is 16.0. The van der Waals surface area contributed by atoms with E-state index in [4.69, 9.17) is 31.5 Å². The molecule has 0 aliphatic heterocycles. The van der Waals surface area contributed by atoms with Crippen LogP contribution in [0.2, 0.25) is 5.02 Å². The topological polar surface area (TPSA) is 103 Å². The molecule has 8 nitrogen and oxygen atoms in total. The molecule has 228 valence electrons. The van der Waals surface area contributed by atoms with Crippen LogP contribution in [-0.4, -0.2) is 77.4 Å². The lowest BCUT2D eigenvalue weighted by Gasteiger charge is -2.20. The number of benzene rings is 3. The highest BCUT2D eigenvalue weighted by atomic mass is 35.5. The van der Waals surface area contributed by atoms with Crippen molar-refractivity contribution in [2.75, 3.05) is 60.7 Å². The molecule has 0 saturated carbocycles. The van der Waals surface area contributed by atoms with Gasteiger partial charge in [0.25, 0.3) is 5.91 Å². The van der Waals surface area contributed by atoms with Crippen molar-refractivity contribution in [3.63, 3.8) is 0 Å². The molecule has 3 aromatic carbocycles. The van der Waals surface area contributed by atoms with Gasteiger partial charge in [-0.25, -0.2) is 4.39 Å². The summed E-state index contributed by atoms with van der Waals surface area (Å²) >= 11 is 6.61. The van der Waals surface area contributed by atoms with E-state index < -0.39 is 11.7 Å². The van der Waals surface area contributed by atoms with Crippen molar-refractivity contribution in [3.05, 3.63) is 88.2 Å². The summed E-state index contributed by atoms with van der Waals surface area (Å²) < 4.78 is 32.0. The second-order valence-corrected chi connectivity index (χ2v) is 9.58. The number of nitrogens with zero attached hydrogens (tertiary/aromatic N) is 1. The Hall–Kier alpha value is -3.50. The predicted molar refractivity (Wildman–Crippen MR) is 165 cm³/mol. The first-order valence-electron chi connectivity index (χ1n) is 13.8. The van der Waals surface area contributed by atoms with Gasteiger partial charge in [-0.15, -0.1) is 0 Å². The number of halogens is 2. The average Bonchev–Trinajstić information content (AvgIpc) is 3.00. The third-order valence-corrected chi connectivity index (χ3v) is 6.58. The Kier molecular flexibility index (Phi) is 15.0. The summed E-state index contributed by atoms with van der Waals surface area (Å²) in [5, 5.41) is 2.99. The van der Waals surface area contributed by atoms with Crippen LogP contribution in [0.1, 0.15) is 41.3 Å². The number of nitrogens with one attached hydrogen (secondary N) is 1. The van der Waals surface area contributed by atoms with Crippen LogP contribution in [-0.2, 0) is 14.3 Å². The lowest BCUT2D eigenvalue weighted by Crippen LogP contribution is -2.30. The van der Waals surface area contributed by atoms with Gasteiger partial charge in [-0.3, -0.25) is 9.59 Å². The summed E-state index contributed by atoms with van der Waals surface area (Å²) in [6.07, 6.45) is 0. The number of carbonyl (C=O) groups is 2. The van der Waals surface area contributed by atoms with Crippen LogP contribution in [0, 0.1) is 5.82 Å². The average molecular weight is 602 g/mol. The molecule has 42 heavy (non-hydrogen) atoms. The molecule has 3 rings (SSSR count). The molecule has 0 aliphatic carbocycles. The molecule has 0 aliphatic rings. The number of amides is 2. The van der Waals surface area contributed by atoms with Crippen molar-refractivity contribution >= 4 is 23.4 Å². The molecule has 1 atom stereocenters. The lowest BCUT2D eigenvalue weighted by atomic mass is 9.88. The number of nitrogens with two attached hydrogens (primary N) is 1. The zero-order chi connectivity index (χ0) is 31.1. The minimum Gasteiger partial charge on any atom is -0.488 e. The number of carbonyl (C=O) groups excluding carboxylic acids is 2. The van der Waals surface area contributed by atoms with Crippen molar-refractivity contribution in [3.8, 4) is 16.9 Å². The monoisotopic (exact) mass is 601 g/mol. The molecule has 3 N–H and O–H groups in total. The van der Waals surface area contributed by atoms with E-state index in [1.165, 1.54) is 24.1 Å². The molecule has 0 heterocycles. The number of hydrogen-bond acceptors (Lipinski definition) is 6. The van der Waals surface area contributed by atoms with Crippen LogP contribution in [0.3, 0.4) is 0 Å². The lowest BCUT2D eigenvalue weighted by molar-refractivity contribution is -0.133. The van der Waals surface area contributed by atoms with Crippen LogP contribution in [0.4, 0.5) is 4.39 Å². The second kappa shape index (κ2) is 18.1. The quantitative estimate of drug-likeness (QED) is 0.249. The van der Waals surface area contributed by atoms with Crippen molar-refractivity contribution < 1.29 is 28.2 Å². The fourth-order valence-electron chi connectivity index (χ4n) is 4.08. The van der Waals surface area contributed by atoms with Crippen molar-refractivity contribution in [2.45, 2.75) is 19.8 Å². The maximum absolute atomic E-state index is 16.0. The Labute approximate surface area is 252 Å². The molecule has 0 aromatic heterocycles. The van der Waals surface area contributed by atoms with Gasteiger partial charge >= 0.3 is 0 Å². The van der Waals surface area contributed by atoms with Crippen molar-refractivity contribution in [1.29, 1.82) is 0 Å². The second-order valence-electron chi connectivity index (χ2n) is 9.18. The summed E-state index contributed by atoms with van der Waals surface area (Å²) in [7, 11) is 4.77. The third kappa shape index (κ3) is 9.52. The Morgan fingerprint density at radius 2 is 1.71 bits per heavy atom. The van der Waals surface area contributed by atoms with Crippen LogP contribution in [0.5, 0.6) is 5.75 Å². The third-order valence-electron chi connectivity index (χ3n) is 6.25. The largest absolute Gasteiger partial charge is 0.488 e. The molecular weight excluding hydrogens is 561 g/mol. The normalized spacial score (nSPS) is 11.2. The van der Waals surface area contributed by atoms with E-state index in [2.05, 4.69) is 5.32 Å². The highest BCUT2D eigenvalue weighted by Crippen LogP contribution is 2.39. The van der Waals surface area contributed by atoms with Gasteiger partial charge in [-0.05, 0) is 35.4 Å². The molecule has 0 fully saturated rings. The number of hydrogen-bond donors (Lipinski definition) is 2. The number of methoxy groups -OCH3 is 1. The zero-order valence-corrected chi connectivity index (χ0v) is 25.7. The highest BCUT2D eigenvalue weighted by Gasteiger charge is 2.24. The number of ether oxygens (including phenoxy) is 3. The number of rotatable bonds is 14. The fraction of sp³-hybridized carbons (Fsp3) is 0.375. The molecule has 0 saturated heterocycles. The van der Waals surface area contributed by atoms with E-state index in [0.717, 1.165) is 11.1 Å². The standard InChI is InChI=1S/C30H35ClFN3O5.C2H6/c1-35(2)27(36)19-39-14-13-34-30(37)22-10-12-26(40-16-15-38-3)29(32)28(22)23-17-21(9-11-25(23)31)24(18-33)20-7-5-4-6-8-20;1-2/h4-12,17,24H,13-16,18-19,33H2,1-3H3,(H,34,37);1-2H3. The number of likely N-dealkylation sites (N-methyl/N-ethyl adjacent to an activating group) is 1. The minimum atomic E-state index is -0.723. The Morgan fingerprint density at radius 3 is 2.36 bits per heavy atom. The van der Waals surface area contributed by atoms with Crippen LogP contribution < -0.4 is 15.8 Å². The molecular formula is C32H41ClFN3O5. The summed E-state index contributed by atoms with van der Waals surface area (Å²) in [5.74, 6) is -1.64. The van der Waals surface area contributed by atoms with Crippen LogP contribution in [0.15, 0.2) is 60.7 Å². The van der Waals surface area contributed by atoms with Gasteiger partial charge in [0.2, 0.25) is 5.91 Å². The first kappa shape index (κ1) is 34.7. The van der Waals surface area contributed by atoms with Crippen molar-refractivity contribution in [1.82, 2.24) is 10.2 Å². The smallest absolute Gasteiger partial charge is 0.252 e. The predicted octanol–water partition coefficient (Wildman–Crippen LogP) is 5.12. The van der Waals surface area contributed by atoms with E-state index in [-0.39, 0.29) is 66.7 Å². The van der Waals surface area contributed by atoms with Crippen LogP contribution >= 0.6 is 11.6 Å². The molecule has 1 unspecified atom stereocenters. The van der Waals surface area contributed by atoms with E-state index in [1.807, 2.05) is 50.2 Å². The van der Waals surface area contributed by atoms with E-state index in [1.54, 1.807) is 26.2 Å².